The van der Waals surface area contributed by atoms with Crippen LogP contribution in [-0.4, -0.2) is 18.9 Å². The lowest BCUT2D eigenvalue weighted by Gasteiger charge is -2.35. The Balaban J connectivity index is 2.07. The molecule has 0 radical (unpaired) electrons. The van der Waals surface area contributed by atoms with E-state index in [-0.39, 0.29) is 5.41 Å². The highest BCUT2D eigenvalue weighted by Crippen LogP contribution is 2.35. The van der Waals surface area contributed by atoms with Gasteiger partial charge in [-0.3, -0.25) is 4.79 Å². The lowest BCUT2D eigenvalue weighted by molar-refractivity contribution is -0.129. The lowest BCUT2D eigenvalue weighted by atomic mass is 9.72. The van der Waals surface area contributed by atoms with Crippen LogP contribution in [0.25, 0.3) is 0 Å². The highest BCUT2D eigenvalue weighted by Gasteiger charge is 2.37. The molecule has 1 aromatic heterocycles. The number of halogens is 1. The van der Waals surface area contributed by atoms with Gasteiger partial charge in [0.25, 0.3) is 0 Å². The number of piperidine rings is 1. The van der Waals surface area contributed by atoms with Crippen molar-refractivity contribution < 1.29 is 4.79 Å². The fourth-order valence-electron chi connectivity index (χ4n) is 2.53. The van der Waals surface area contributed by atoms with Crippen LogP contribution in [0.15, 0.2) is 15.9 Å². The van der Waals surface area contributed by atoms with Gasteiger partial charge in [0.05, 0.1) is 3.79 Å². The Labute approximate surface area is 115 Å². The number of hydrogen-bond acceptors (Lipinski definition) is 3. The van der Waals surface area contributed by atoms with E-state index in [2.05, 4.69) is 34.2 Å². The van der Waals surface area contributed by atoms with Gasteiger partial charge >= 0.3 is 0 Å². The Morgan fingerprint density at radius 2 is 2.18 bits per heavy atom. The molecule has 1 aliphatic rings. The summed E-state index contributed by atoms with van der Waals surface area (Å²) in [6.45, 7) is 4.11. The molecule has 94 valence electrons. The Bertz CT molecular complexity index is 396. The van der Waals surface area contributed by atoms with Crippen LogP contribution in [0, 0.1) is 5.41 Å². The standard InChI is InChI=1S/C13H18BrNOS/c1-2-13(5-7-15-8-6-13)11(16)9-10-3-4-12(14)17-10/h3-4,15H,2,5-9H2,1H3. The van der Waals surface area contributed by atoms with Crippen LogP contribution in [0.4, 0.5) is 0 Å². The molecule has 2 rings (SSSR count). The smallest absolute Gasteiger partial charge is 0.144 e. The van der Waals surface area contributed by atoms with Crippen LogP contribution < -0.4 is 5.32 Å². The van der Waals surface area contributed by atoms with Gasteiger partial charge in [0.15, 0.2) is 0 Å². The summed E-state index contributed by atoms with van der Waals surface area (Å²) < 4.78 is 1.11. The molecule has 1 saturated heterocycles. The van der Waals surface area contributed by atoms with Gasteiger partial charge in [-0.25, -0.2) is 0 Å². The van der Waals surface area contributed by atoms with Gasteiger partial charge in [0.1, 0.15) is 5.78 Å². The number of rotatable bonds is 4. The number of hydrogen-bond donors (Lipinski definition) is 1. The number of nitrogens with one attached hydrogen (secondary N) is 1. The SMILES string of the molecule is CCC1(C(=O)Cc2ccc(Br)s2)CCNCC1. The minimum Gasteiger partial charge on any atom is -0.317 e. The van der Waals surface area contributed by atoms with E-state index in [1.165, 1.54) is 4.88 Å². The molecule has 0 bridgehead atoms. The van der Waals surface area contributed by atoms with Gasteiger partial charge < -0.3 is 5.32 Å². The molecule has 0 amide bonds. The summed E-state index contributed by atoms with van der Waals surface area (Å²) in [5.41, 5.74) is -0.0677. The third kappa shape index (κ3) is 2.98. The lowest BCUT2D eigenvalue weighted by Crippen LogP contribution is -2.42. The van der Waals surface area contributed by atoms with Crippen LogP contribution in [0.5, 0.6) is 0 Å². The van der Waals surface area contributed by atoms with E-state index in [1.54, 1.807) is 11.3 Å². The number of carbonyl (C=O) groups is 1. The van der Waals surface area contributed by atoms with E-state index in [4.69, 9.17) is 0 Å². The zero-order chi connectivity index (χ0) is 12.3. The zero-order valence-electron chi connectivity index (χ0n) is 10.1. The van der Waals surface area contributed by atoms with E-state index in [0.717, 1.165) is 36.1 Å². The summed E-state index contributed by atoms with van der Waals surface area (Å²) in [6.07, 6.45) is 3.56. The molecule has 0 aromatic carbocycles. The average molecular weight is 316 g/mol. The third-order valence-electron chi connectivity index (χ3n) is 3.79. The van der Waals surface area contributed by atoms with Gasteiger partial charge in [0, 0.05) is 16.7 Å². The maximum Gasteiger partial charge on any atom is 0.144 e. The largest absolute Gasteiger partial charge is 0.317 e. The van der Waals surface area contributed by atoms with E-state index in [0.29, 0.717) is 12.2 Å². The molecule has 0 atom stereocenters. The first-order valence-corrected chi connectivity index (χ1v) is 7.75. The Morgan fingerprint density at radius 1 is 1.47 bits per heavy atom. The minimum absolute atomic E-state index is 0.0677. The minimum atomic E-state index is -0.0677. The van der Waals surface area contributed by atoms with Gasteiger partial charge in [-0.05, 0) is 60.4 Å². The first-order chi connectivity index (χ1) is 8.16. The Kier molecular flexibility index (Phi) is 4.39. The van der Waals surface area contributed by atoms with E-state index < -0.39 is 0 Å². The second kappa shape index (κ2) is 5.63. The van der Waals surface area contributed by atoms with E-state index >= 15 is 0 Å². The fraction of sp³-hybridized carbons (Fsp3) is 0.615. The molecule has 2 heterocycles. The molecule has 0 saturated carbocycles. The number of Topliss-reactive ketones (excluding diaryl/α,β-unsaturated/α-hetero) is 1. The van der Waals surface area contributed by atoms with Crippen molar-refractivity contribution in [2.45, 2.75) is 32.6 Å². The van der Waals surface area contributed by atoms with Gasteiger partial charge in [-0.2, -0.15) is 0 Å². The van der Waals surface area contributed by atoms with Crippen LogP contribution in [0.2, 0.25) is 0 Å². The van der Waals surface area contributed by atoms with Crippen LogP contribution in [0.1, 0.15) is 31.1 Å². The number of thiophene rings is 1. The summed E-state index contributed by atoms with van der Waals surface area (Å²) in [6, 6.07) is 4.07. The second-order valence-electron chi connectivity index (χ2n) is 4.69. The second-order valence-corrected chi connectivity index (χ2v) is 7.24. The molecule has 0 aliphatic carbocycles. The van der Waals surface area contributed by atoms with E-state index in [1.807, 2.05) is 6.07 Å². The third-order valence-corrected chi connectivity index (χ3v) is 5.42. The van der Waals surface area contributed by atoms with E-state index in [9.17, 15) is 4.79 Å². The van der Waals surface area contributed by atoms with Crippen molar-refractivity contribution in [1.82, 2.24) is 5.32 Å². The first kappa shape index (κ1) is 13.2. The van der Waals surface area contributed by atoms with Crippen molar-refractivity contribution in [2.24, 2.45) is 5.41 Å². The van der Waals surface area contributed by atoms with Crippen molar-refractivity contribution in [2.75, 3.05) is 13.1 Å². The molecular formula is C13H18BrNOS. The summed E-state index contributed by atoms with van der Waals surface area (Å²) in [5, 5.41) is 3.34. The summed E-state index contributed by atoms with van der Waals surface area (Å²) >= 11 is 5.12. The Morgan fingerprint density at radius 3 is 2.71 bits per heavy atom. The van der Waals surface area contributed by atoms with Crippen molar-refractivity contribution in [3.63, 3.8) is 0 Å². The maximum absolute atomic E-state index is 12.5. The maximum atomic E-state index is 12.5. The fourth-order valence-corrected chi connectivity index (χ4v) is 4.01. The molecule has 2 nitrogen and oxygen atoms in total. The van der Waals surface area contributed by atoms with Gasteiger partial charge in [-0.1, -0.05) is 6.92 Å². The summed E-state index contributed by atoms with van der Waals surface area (Å²) in [5.74, 6) is 0.427. The zero-order valence-corrected chi connectivity index (χ0v) is 12.5. The molecule has 1 aromatic rings. The molecule has 1 N–H and O–H groups in total. The highest BCUT2D eigenvalue weighted by atomic mass is 79.9. The molecule has 1 aliphatic heterocycles. The number of ketones is 1. The van der Waals surface area contributed by atoms with Crippen molar-refractivity contribution in [3.8, 4) is 0 Å². The molecule has 17 heavy (non-hydrogen) atoms. The quantitative estimate of drug-likeness (QED) is 0.922. The number of carbonyl (C=O) groups excluding carboxylic acids is 1. The predicted octanol–water partition coefficient (Wildman–Crippen LogP) is 3.40. The van der Waals surface area contributed by atoms with Gasteiger partial charge in [-0.15, -0.1) is 11.3 Å². The van der Waals surface area contributed by atoms with Crippen molar-refractivity contribution >= 4 is 33.0 Å². The predicted molar refractivity (Wildman–Crippen MR) is 75.6 cm³/mol. The molecule has 4 heteroatoms. The molecule has 0 unspecified atom stereocenters. The van der Waals surface area contributed by atoms with Crippen LogP contribution >= 0.6 is 27.3 Å². The van der Waals surface area contributed by atoms with Crippen LogP contribution in [-0.2, 0) is 11.2 Å². The van der Waals surface area contributed by atoms with Crippen LogP contribution in [0.3, 0.4) is 0 Å². The molecule has 0 spiro atoms. The summed E-state index contributed by atoms with van der Waals surface area (Å²) in [4.78, 5) is 13.7. The molecular weight excluding hydrogens is 298 g/mol. The normalized spacial score (nSPS) is 19.2. The summed E-state index contributed by atoms with van der Waals surface area (Å²) in [7, 11) is 0. The highest BCUT2D eigenvalue weighted by molar-refractivity contribution is 9.11. The Hall–Kier alpha value is -0.190. The molecule has 1 fully saturated rings. The average Bonchev–Trinajstić information content (AvgIpc) is 2.75. The van der Waals surface area contributed by atoms with Gasteiger partial charge in [0.2, 0.25) is 0 Å². The first-order valence-electron chi connectivity index (χ1n) is 6.14. The monoisotopic (exact) mass is 315 g/mol. The van der Waals surface area contributed by atoms with Crippen molar-refractivity contribution in [1.29, 1.82) is 0 Å². The topological polar surface area (TPSA) is 29.1 Å². The van der Waals surface area contributed by atoms with Crippen molar-refractivity contribution in [3.05, 3.63) is 20.8 Å².